The lowest BCUT2D eigenvalue weighted by Gasteiger charge is -2.43. The first kappa shape index (κ1) is 31.1. The van der Waals surface area contributed by atoms with Crippen molar-refractivity contribution in [3.8, 4) is 0 Å². The van der Waals surface area contributed by atoms with E-state index in [1.165, 1.54) is 24.3 Å². The van der Waals surface area contributed by atoms with E-state index in [9.17, 15) is 40.3 Å². The summed E-state index contributed by atoms with van der Waals surface area (Å²) >= 11 is 5.65. The average Bonchev–Trinajstić information content (AvgIpc) is 3.25. The Labute approximate surface area is 237 Å². The molecule has 2 aromatic carbocycles. The van der Waals surface area contributed by atoms with Crippen LogP contribution < -0.4 is 5.32 Å². The van der Waals surface area contributed by atoms with Crippen molar-refractivity contribution in [2.45, 2.75) is 69.3 Å². The van der Waals surface area contributed by atoms with Gasteiger partial charge in [0.1, 0.15) is 11.7 Å². The van der Waals surface area contributed by atoms with E-state index in [1.807, 2.05) is 0 Å². The van der Waals surface area contributed by atoms with E-state index in [0.29, 0.717) is 24.1 Å². The summed E-state index contributed by atoms with van der Waals surface area (Å²) < 4.78 is 99.8. The van der Waals surface area contributed by atoms with Crippen LogP contribution in [0.3, 0.4) is 0 Å². The number of halogens is 8. The number of hydrogen-bond donors (Lipinski definition) is 1. The summed E-state index contributed by atoms with van der Waals surface area (Å²) in [7, 11) is 0. The van der Waals surface area contributed by atoms with Crippen molar-refractivity contribution < 1.29 is 45.1 Å². The molecule has 0 radical (unpaired) electrons. The largest absolute Gasteiger partial charge is 0.416 e. The molecule has 4 rings (SSSR count). The number of nitrogens with one attached hydrogen (secondary N) is 1. The molecule has 2 aliphatic rings. The number of rotatable bonds is 7. The number of amides is 2. The monoisotopic (exact) mass is 608 g/mol. The van der Waals surface area contributed by atoms with Gasteiger partial charge in [0.25, 0.3) is 0 Å². The minimum absolute atomic E-state index is 0.0395. The van der Waals surface area contributed by atoms with Gasteiger partial charge in [-0.2, -0.15) is 26.3 Å². The van der Waals surface area contributed by atoms with Gasteiger partial charge in [0.2, 0.25) is 11.8 Å². The van der Waals surface area contributed by atoms with Crippen LogP contribution >= 0.6 is 11.6 Å². The Kier molecular flexibility index (Phi) is 8.67. The molecule has 41 heavy (non-hydrogen) atoms. The molecular formula is C28H28ClF7N2O3. The molecule has 2 heterocycles. The van der Waals surface area contributed by atoms with Gasteiger partial charge in [0.05, 0.1) is 23.8 Å². The van der Waals surface area contributed by atoms with Crippen LogP contribution in [-0.4, -0.2) is 46.8 Å². The third-order valence-electron chi connectivity index (χ3n) is 7.83. The number of ether oxygens (including phenoxy) is 1. The van der Waals surface area contributed by atoms with E-state index in [4.69, 9.17) is 16.3 Å². The third-order valence-corrected chi connectivity index (χ3v) is 8.07. The Hall–Kier alpha value is -2.86. The standard InChI is InChI=1S/C28H28ClF7N2O3/c1-26(2,37-23(39)12-29)17-10-21-25(16-3-5-20(30)6-4-16)22(13-38(21)24(40)11-17)41-14-15-7-18(27(31,32)33)9-19(8-15)28(34,35)36/h3-9,17,21-22,25H,10-14H2,1-2H3,(H,37,39)/t17?,21?,22?,25-/m0/s1. The van der Waals surface area contributed by atoms with Gasteiger partial charge in [0, 0.05) is 30.5 Å². The van der Waals surface area contributed by atoms with Crippen molar-refractivity contribution in [1.29, 1.82) is 0 Å². The number of nitrogens with zero attached hydrogens (tertiary/aromatic N) is 1. The summed E-state index contributed by atoms with van der Waals surface area (Å²) in [6, 6.07) is 6.26. The van der Waals surface area contributed by atoms with Crippen LogP contribution in [0, 0.1) is 11.7 Å². The van der Waals surface area contributed by atoms with Gasteiger partial charge in [-0.15, -0.1) is 11.6 Å². The summed E-state index contributed by atoms with van der Waals surface area (Å²) in [5.74, 6) is -2.30. The summed E-state index contributed by atoms with van der Waals surface area (Å²) in [6.07, 6.45) is -10.3. The molecule has 3 unspecified atom stereocenters. The van der Waals surface area contributed by atoms with E-state index < -0.39 is 65.4 Å². The fourth-order valence-electron chi connectivity index (χ4n) is 5.78. The van der Waals surface area contributed by atoms with Crippen LogP contribution in [0.25, 0.3) is 0 Å². The Morgan fingerprint density at radius 1 is 1.02 bits per heavy atom. The minimum atomic E-state index is -5.01. The summed E-state index contributed by atoms with van der Waals surface area (Å²) in [6.45, 7) is 3.00. The maximum Gasteiger partial charge on any atom is 0.416 e. The smallest absolute Gasteiger partial charge is 0.371 e. The maximum absolute atomic E-state index is 13.7. The zero-order chi connectivity index (χ0) is 30.3. The molecule has 0 spiro atoms. The van der Waals surface area contributed by atoms with Crippen LogP contribution in [0.15, 0.2) is 42.5 Å². The highest BCUT2D eigenvalue weighted by Gasteiger charge is 2.51. The average molecular weight is 609 g/mol. The van der Waals surface area contributed by atoms with Crippen molar-refractivity contribution in [2.75, 3.05) is 12.4 Å². The van der Waals surface area contributed by atoms with Crippen molar-refractivity contribution in [3.63, 3.8) is 0 Å². The van der Waals surface area contributed by atoms with Gasteiger partial charge in [-0.05, 0) is 67.6 Å². The lowest BCUT2D eigenvalue weighted by molar-refractivity contribution is -0.143. The molecule has 2 aromatic rings. The summed E-state index contributed by atoms with van der Waals surface area (Å²) in [5.41, 5.74) is -3.45. The first-order valence-corrected chi connectivity index (χ1v) is 13.3. The van der Waals surface area contributed by atoms with E-state index in [1.54, 1.807) is 18.7 Å². The SMILES string of the molecule is CC(C)(NC(=O)CCl)C1CC(=O)N2CC(OCc3cc(C(F)(F)F)cc(C(F)(F)F)c3)[C@@H](c3ccc(F)cc3)C2C1. The van der Waals surface area contributed by atoms with Crippen molar-refractivity contribution >= 4 is 23.4 Å². The highest BCUT2D eigenvalue weighted by Crippen LogP contribution is 2.45. The topological polar surface area (TPSA) is 58.6 Å². The maximum atomic E-state index is 13.7. The van der Waals surface area contributed by atoms with E-state index >= 15 is 0 Å². The number of fused-ring (bicyclic) bond motifs is 1. The van der Waals surface area contributed by atoms with E-state index in [0.717, 1.165) is 0 Å². The molecule has 13 heteroatoms. The van der Waals surface area contributed by atoms with Gasteiger partial charge in [-0.25, -0.2) is 4.39 Å². The molecule has 0 saturated carbocycles. The Morgan fingerprint density at radius 3 is 2.15 bits per heavy atom. The number of alkyl halides is 7. The van der Waals surface area contributed by atoms with Gasteiger partial charge in [-0.1, -0.05) is 12.1 Å². The van der Waals surface area contributed by atoms with Crippen LogP contribution in [0.1, 0.15) is 54.9 Å². The Morgan fingerprint density at radius 2 is 1.61 bits per heavy atom. The second-order valence-electron chi connectivity index (χ2n) is 11.0. The van der Waals surface area contributed by atoms with Gasteiger partial charge >= 0.3 is 12.4 Å². The second-order valence-corrected chi connectivity index (χ2v) is 11.3. The molecule has 2 fully saturated rings. The van der Waals surface area contributed by atoms with E-state index in [-0.39, 0.29) is 42.3 Å². The lowest BCUT2D eigenvalue weighted by atomic mass is 9.74. The zero-order valence-corrected chi connectivity index (χ0v) is 22.8. The van der Waals surface area contributed by atoms with Crippen LogP contribution in [0.5, 0.6) is 0 Å². The van der Waals surface area contributed by atoms with Gasteiger partial charge in [0.15, 0.2) is 0 Å². The van der Waals surface area contributed by atoms with E-state index in [2.05, 4.69) is 5.32 Å². The van der Waals surface area contributed by atoms with Crippen molar-refractivity contribution in [3.05, 3.63) is 70.5 Å². The normalized spacial score (nSPS) is 23.5. The third kappa shape index (κ3) is 6.97. The van der Waals surface area contributed by atoms with Crippen molar-refractivity contribution in [1.82, 2.24) is 10.2 Å². The number of carbonyl (C=O) groups excluding carboxylic acids is 2. The molecule has 0 bridgehead atoms. The van der Waals surface area contributed by atoms with Crippen molar-refractivity contribution in [2.24, 2.45) is 5.92 Å². The van der Waals surface area contributed by atoms with Gasteiger partial charge in [-0.3, -0.25) is 9.59 Å². The molecule has 5 nitrogen and oxygen atoms in total. The predicted molar refractivity (Wildman–Crippen MR) is 135 cm³/mol. The predicted octanol–water partition coefficient (Wildman–Crippen LogP) is 6.29. The fourth-order valence-corrected chi connectivity index (χ4v) is 5.84. The first-order valence-electron chi connectivity index (χ1n) is 12.8. The molecule has 2 amide bonds. The fraction of sp³-hybridized carbons (Fsp3) is 0.500. The Balaban J connectivity index is 1.64. The number of carbonyl (C=O) groups is 2. The van der Waals surface area contributed by atoms with Gasteiger partial charge < -0.3 is 15.0 Å². The summed E-state index contributed by atoms with van der Waals surface area (Å²) in [5, 5.41) is 2.82. The minimum Gasteiger partial charge on any atom is -0.371 e. The number of piperidine rings is 1. The second kappa shape index (κ2) is 11.4. The molecule has 2 aliphatic heterocycles. The molecule has 2 saturated heterocycles. The van der Waals surface area contributed by atoms with Crippen LogP contribution in [0.4, 0.5) is 30.7 Å². The molecule has 0 aliphatic carbocycles. The quantitative estimate of drug-likeness (QED) is 0.297. The zero-order valence-electron chi connectivity index (χ0n) is 22.1. The van der Waals surface area contributed by atoms with Crippen LogP contribution in [-0.2, 0) is 33.3 Å². The molecule has 0 aromatic heterocycles. The highest BCUT2D eigenvalue weighted by molar-refractivity contribution is 6.27. The first-order chi connectivity index (χ1) is 19.0. The number of benzene rings is 2. The molecular weight excluding hydrogens is 581 g/mol. The number of hydrogen-bond acceptors (Lipinski definition) is 3. The van der Waals surface area contributed by atoms with Crippen LogP contribution in [0.2, 0.25) is 0 Å². The molecule has 1 N–H and O–H groups in total. The highest BCUT2D eigenvalue weighted by atomic mass is 35.5. The lowest BCUT2D eigenvalue weighted by Crippen LogP contribution is -2.55. The summed E-state index contributed by atoms with van der Waals surface area (Å²) in [4.78, 5) is 26.9. The molecule has 224 valence electrons. The Bertz CT molecular complexity index is 1250. The molecule has 4 atom stereocenters.